The molecule has 1 amide bonds. The maximum Gasteiger partial charge on any atom is 0.351 e. The van der Waals surface area contributed by atoms with Gasteiger partial charge in [0, 0.05) is 26.2 Å². The van der Waals surface area contributed by atoms with Crippen LogP contribution in [0.1, 0.15) is 19.1 Å². The summed E-state index contributed by atoms with van der Waals surface area (Å²) in [5, 5.41) is 12.1. The van der Waals surface area contributed by atoms with Gasteiger partial charge in [0.25, 0.3) is 0 Å². The molecule has 2 aliphatic rings. The number of nitrogens with one attached hydrogen (secondary N) is 1. The summed E-state index contributed by atoms with van der Waals surface area (Å²) in [4.78, 5) is 45.6. The molecule has 1 aromatic heterocycles. The van der Waals surface area contributed by atoms with E-state index in [9.17, 15) is 19.5 Å². The second-order valence-corrected chi connectivity index (χ2v) is 6.86. The van der Waals surface area contributed by atoms with Gasteiger partial charge in [0.2, 0.25) is 5.91 Å². The molecule has 0 bridgehead atoms. The Hall–Kier alpha value is -3.41. The first kappa shape index (κ1) is 20.3. The zero-order valence-electron chi connectivity index (χ0n) is 15.8. The predicted molar refractivity (Wildman–Crippen MR) is 103 cm³/mol. The van der Waals surface area contributed by atoms with E-state index in [2.05, 4.69) is 15.3 Å². The zero-order chi connectivity index (χ0) is 21.1. The van der Waals surface area contributed by atoms with Crippen molar-refractivity contribution in [1.82, 2.24) is 19.8 Å². The fourth-order valence-corrected chi connectivity index (χ4v) is 3.12. The van der Waals surface area contributed by atoms with Gasteiger partial charge >= 0.3 is 11.7 Å². The number of anilines is 1. The van der Waals surface area contributed by atoms with Gasteiger partial charge in [-0.15, -0.1) is 0 Å². The number of guanidine groups is 1. The number of carbonyl (C=O) groups is 2. The molecule has 1 unspecified atom stereocenters. The smallest absolute Gasteiger partial charge is 0.351 e. The van der Waals surface area contributed by atoms with Crippen molar-refractivity contribution in [2.24, 2.45) is 10.7 Å². The van der Waals surface area contributed by atoms with Crippen LogP contribution >= 0.6 is 0 Å². The normalized spacial score (nSPS) is 26.7. The van der Waals surface area contributed by atoms with E-state index in [1.54, 1.807) is 4.90 Å². The molecule has 156 valence electrons. The van der Waals surface area contributed by atoms with Gasteiger partial charge in [-0.05, 0) is 18.6 Å². The van der Waals surface area contributed by atoms with Crippen LogP contribution in [0.3, 0.4) is 0 Å². The van der Waals surface area contributed by atoms with E-state index >= 15 is 0 Å². The molecule has 0 radical (unpaired) electrons. The molecule has 0 saturated heterocycles. The Bertz CT molecular complexity index is 912. The number of carbonyl (C=O) groups excluding carboxylic acids is 1. The minimum Gasteiger partial charge on any atom is -0.479 e. The maximum absolute atomic E-state index is 12.4. The van der Waals surface area contributed by atoms with Crippen LogP contribution in [0.4, 0.5) is 5.82 Å². The number of aliphatic carboxylic acids is 1. The number of rotatable bonds is 5. The number of hydrogen-bond donors (Lipinski definition) is 4. The molecule has 3 heterocycles. The first-order valence-electron chi connectivity index (χ1n) is 8.99. The van der Waals surface area contributed by atoms with Crippen LogP contribution in [0, 0.1) is 0 Å². The Morgan fingerprint density at radius 1 is 1.38 bits per heavy atom. The minimum absolute atomic E-state index is 0.0446. The summed E-state index contributed by atoms with van der Waals surface area (Å²) < 4.78 is 6.62. The van der Waals surface area contributed by atoms with Crippen molar-refractivity contribution in [3.8, 4) is 0 Å². The standard InChI is InChI=1S/C17H23N7O5/c1-23-6-4-9(20-16(23)19)8-12(25)21-10-2-3-13(29-14(10)15(26)27)24-7-5-11(18)22-17(24)28/h2-3,5,7,9-10,13-14H,4,6,8H2,1H3,(H2,19,20)(H,21,25)(H,26,27)(H2,18,22,28)/t9?,10-,13+,14-/m0/s1. The highest BCUT2D eigenvalue weighted by Crippen LogP contribution is 2.21. The lowest BCUT2D eigenvalue weighted by molar-refractivity contribution is -0.159. The molecular formula is C17H23N7O5. The van der Waals surface area contributed by atoms with Crippen LogP contribution in [-0.4, -0.2) is 69.2 Å². The van der Waals surface area contributed by atoms with Gasteiger partial charge < -0.3 is 31.5 Å². The molecule has 29 heavy (non-hydrogen) atoms. The van der Waals surface area contributed by atoms with Crippen molar-refractivity contribution in [3.63, 3.8) is 0 Å². The van der Waals surface area contributed by atoms with E-state index in [1.165, 1.54) is 24.4 Å². The van der Waals surface area contributed by atoms with E-state index in [0.29, 0.717) is 18.9 Å². The summed E-state index contributed by atoms with van der Waals surface area (Å²) in [6, 6.07) is 0.229. The minimum atomic E-state index is -1.38. The number of aliphatic imine (C=N–C) groups is 1. The van der Waals surface area contributed by atoms with Crippen LogP contribution in [0.25, 0.3) is 0 Å². The fourth-order valence-electron chi connectivity index (χ4n) is 3.12. The molecule has 12 nitrogen and oxygen atoms in total. The number of carboxylic acid groups (broad SMARTS) is 1. The first-order valence-corrected chi connectivity index (χ1v) is 8.99. The van der Waals surface area contributed by atoms with Gasteiger partial charge in [-0.2, -0.15) is 4.98 Å². The molecule has 4 atom stereocenters. The van der Waals surface area contributed by atoms with Gasteiger partial charge in [0.1, 0.15) is 5.82 Å². The van der Waals surface area contributed by atoms with Gasteiger partial charge in [0.15, 0.2) is 18.3 Å². The number of amides is 1. The van der Waals surface area contributed by atoms with E-state index < -0.39 is 30.0 Å². The highest BCUT2D eigenvalue weighted by Gasteiger charge is 2.35. The van der Waals surface area contributed by atoms with Gasteiger partial charge in [-0.25, -0.2) is 14.6 Å². The lowest BCUT2D eigenvalue weighted by atomic mass is 10.1. The molecule has 6 N–H and O–H groups in total. The lowest BCUT2D eigenvalue weighted by Gasteiger charge is -2.31. The van der Waals surface area contributed by atoms with E-state index in [0.717, 1.165) is 4.57 Å². The van der Waals surface area contributed by atoms with E-state index in [1.807, 2.05) is 7.05 Å². The van der Waals surface area contributed by atoms with E-state index in [-0.39, 0.29) is 24.2 Å². The monoisotopic (exact) mass is 405 g/mol. The third-order valence-corrected chi connectivity index (χ3v) is 4.72. The summed E-state index contributed by atoms with van der Waals surface area (Å²) in [7, 11) is 1.81. The third-order valence-electron chi connectivity index (χ3n) is 4.72. The number of carboxylic acids is 1. The topological polar surface area (TPSA) is 178 Å². The van der Waals surface area contributed by atoms with E-state index in [4.69, 9.17) is 16.2 Å². The highest BCUT2D eigenvalue weighted by atomic mass is 16.5. The lowest BCUT2D eigenvalue weighted by Crippen LogP contribution is -2.51. The van der Waals surface area contributed by atoms with Crippen LogP contribution in [0.15, 0.2) is 34.2 Å². The second kappa shape index (κ2) is 8.31. The van der Waals surface area contributed by atoms with Crippen LogP contribution in [-0.2, 0) is 14.3 Å². The Morgan fingerprint density at radius 3 is 2.79 bits per heavy atom. The number of nitrogens with two attached hydrogens (primary N) is 2. The van der Waals surface area contributed by atoms with Crippen molar-refractivity contribution >= 4 is 23.7 Å². The summed E-state index contributed by atoms with van der Waals surface area (Å²) in [6.07, 6.45) is 2.71. The first-order chi connectivity index (χ1) is 13.7. The number of hydrogen-bond acceptors (Lipinski definition) is 9. The summed E-state index contributed by atoms with van der Waals surface area (Å²) in [5.74, 6) is -1.24. The molecule has 0 saturated carbocycles. The summed E-state index contributed by atoms with van der Waals surface area (Å²) >= 11 is 0. The summed E-state index contributed by atoms with van der Waals surface area (Å²) in [5.41, 5.74) is 10.6. The molecule has 3 rings (SSSR count). The molecule has 0 aromatic carbocycles. The Morgan fingerprint density at radius 2 is 2.14 bits per heavy atom. The Labute approximate surface area is 165 Å². The molecule has 12 heteroatoms. The van der Waals surface area contributed by atoms with Crippen LogP contribution in [0.5, 0.6) is 0 Å². The zero-order valence-corrected chi connectivity index (χ0v) is 15.8. The largest absolute Gasteiger partial charge is 0.479 e. The number of ether oxygens (including phenoxy) is 1. The summed E-state index contributed by atoms with van der Waals surface area (Å²) in [6.45, 7) is 0.684. The number of aromatic nitrogens is 2. The molecular weight excluding hydrogens is 382 g/mol. The fraction of sp³-hybridized carbons (Fsp3) is 0.471. The van der Waals surface area contributed by atoms with Crippen molar-refractivity contribution in [3.05, 3.63) is 34.9 Å². The van der Waals surface area contributed by atoms with Gasteiger partial charge in [0.05, 0.1) is 12.1 Å². The second-order valence-electron chi connectivity index (χ2n) is 6.86. The predicted octanol–water partition coefficient (Wildman–Crippen LogP) is -1.74. The molecule has 1 aromatic rings. The van der Waals surface area contributed by atoms with Crippen LogP contribution in [0.2, 0.25) is 0 Å². The molecule has 0 aliphatic carbocycles. The third kappa shape index (κ3) is 4.71. The number of nitrogen functional groups attached to an aromatic ring is 1. The van der Waals surface area contributed by atoms with Gasteiger partial charge in [-0.3, -0.25) is 9.36 Å². The molecule has 0 fully saturated rings. The molecule has 2 aliphatic heterocycles. The van der Waals surface area contributed by atoms with Gasteiger partial charge in [-0.1, -0.05) is 6.08 Å². The molecule has 0 spiro atoms. The quantitative estimate of drug-likeness (QED) is 0.414. The van der Waals surface area contributed by atoms with Crippen LogP contribution < -0.4 is 22.5 Å². The Balaban J connectivity index is 1.69. The average Bonchev–Trinajstić information content (AvgIpc) is 2.65. The van der Waals surface area contributed by atoms with Crippen molar-refractivity contribution in [1.29, 1.82) is 0 Å². The number of nitrogens with zero attached hydrogens (tertiary/aromatic N) is 4. The Kier molecular flexibility index (Phi) is 5.82. The SMILES string of the molecule is CN1CCC(CC(=O)N[C@H]2C=C[C@H](n3ccc(N)nc3=O)O[C@@H]2C(=O)O)N=C1N. The van der Waals surface area contributed by atoms with Crippen molar-refractivity contribution in [2.45, 2.75) is 37.3 Å². The average molecular weight is 405 g/mol. The van der Waals surface area contributed by atoms with Crippen molar-refractivity contribution in [2.75, 3.05) is 19.3 Å². The van der Waals surface area contributed by atoms with Crippen molar-refractivity contribution < 1.29 is 19.4 Å². The highest BCUT2D eigenvalue weighted by molar-refractivity contribution is 5.82. The maximum atomic E-state index is 12.4.